The van der Waals surface area contributed by atoms with Crippen LogP contribution < -0.4 is 0 Å². The normalized spacial score (nSPS) is 10.6. The van der Waals surface area contributed by atoms with E-state index in [1.54, 1.807) is 24.2 Å². The Morgan fingerprint density at radius 2 is 1.79 bits per heavy atom. The lowest BCUT2D eigenvalue weighted by Gasteiger charge is -2.10. The van der Waals surface area contributed by atoms with Crippen molar-refractivity contribution in [2.45, 2.75) is 17.8 Å². The first kappa shape index (κ1) is 18.0. The molecule has 5 nitrogen and oxygen atoms in total. The quantitative estimate of drug-likeness (QED) is 0.463. The first-order valence-electron chi connectivity index (χ1n) is 8.79. The lowest BCUT2D eigenvalue weighted by Crippen LogP contribution is -2.00. The summed E-state index contributed by atoms with van der Waals surface area (Å²) in [7, 11) is 0. The van der Waals surface area contributed by atoms with E-state index in [1.165, 1.54) is 5.56 Å². The summed E-state index contributed by atoms with van der Waals surface area (Å²) < 4.78 is 2.06. The van der Waals surface area contributed by atoms with Gasteiger partial charge in [-0.2, -0.15) is 5.26 Å². The molecule has 0 unspecified atom stereocenters. The molecule has 4 rings (SSSR count). The largest absolute Gasteiger partial charge is 0.270 e. The lowest BCUT2D eigenvalue weighted by molar-refractivity contribution is 0.885. The van der Waals surface area contributed by atoms with Gasteiger partial charge in [0, 0.05) is 29.4 Å². The van der Waals surface area contributed by atoms with Crippen molar-refractivity contribution < 1.29 is 0 Å². The van der Waals surface area contributed by atoms with E-state index in [9.17, 15) is 0 Å². The summed E-state index contributed by atoms with van der Waals surface area (Å²) in [5, 5.41) is 18.6. The van der Waals surface area contributed by atoms with E-state index < -0.39 is 0 Å². The smallest absolute Gasteiger partial charge is 0.196 e. The van der Waals surface area contributed by atoms with Crippen LogP contribution in [0.3, 0.4) is 0 Å². The van der Waals surface area contributed by atoms with Gasteiger partial charge in [0.25, 0.3) is 0 Å². The van der Waals surface area contributed by atoms with Crippen molar-refractivity contribution in [3.63, 3.8) is 0 Å². The summed E-state index contributed by atoms with van der Waals surface area (Å²) in [5.41, 5.74) is 4.92. The molecule has 0 atom stereocenters. The Kier molecular flexibility index (Phi) is 5.18. The molecule has 0 radical (unpaired) electrons. The van der Waals surface area contributed by atoms with Crippen LogP contribution in [0.25, 0.3) is 17.1 Å². The molecule has 2 aromatic carbocycles. The molecule has 6 heteroatoms. The first-order valence-corrected chi connectivity index (χ1v) is 9.78. The molecule has 4 aromatic rings. The number of rotatable bonds is 5. The second kappa shape index (κ2) is 8.07. The fourth-order valence-corrected chi connectivity index (χ4v) is 3.70. The molecule has 0 spiro atoms. The highest BCUT2D eigenvalue weighted by Gasteiger charge is 2.16. The minimum Gasteiger partial charge on any atom is -0.270 e. The average Bonchev–Trinajstić information content (AvgIpc) is 3.18. The predicted molar refractivity (Wildman–Crippen MR) is 110 cm³/mol. The molecule has 2 aromatic heterocycles. The number of thioether (sulfide) groups is 1. The second-order valence-corrected chi connectivity index (χ2v) is 7.26. The summed E-state index contributed by atoms with van der Waals surface area (Å²) in [6.45, 7) is 2.07. The zero-order valence-electron chi connectivity index (χ0n) is 15.3. The molecule has 0 amide bonds. The Morgan fingerprint density at radius 3 is 2.46 bits per heavy atom. The van der Waals surface area contributed by atoms with Crippen molar-refractivity contribution in [3.8, 4) is 23.1 Å². The van der Waals surface area contributed by atoms with Gasteiger partial charge in [0.2, 0.25) is 0 Å². The van der Waals surface area contributed by atoms with Crippen molar-refractivity contribution >= 4 is 11.8 Å². The number of aryl methyl sites for hydroxylation is 1. The molecule has 28 heavy (non-hydrogen) atoms. The van der Waals surface area contributed by atoms with E-state index in [-0.39, 0.29) is 0 Å². The predicted octanol–water partition coefficient (Wildman–Crippen LogP) is 4.80. The van der Waals surface area contributed by atoms with Gasteiger partial charge in [-0.1, -0.05) is 41.6 Å². The zero-order chi connectivity index (χ0) is 19.3. The average molecular weight is 383 g/mol. The lowest BCUT2D eigenvalue weighted by atomic mass is 10.2. The SMILES string of the molecule is Cc1ccc(-n2c(SCc3ccc(C#N)cc3)nnc2-c2cccnc2)cc1. The molecule has 0 saturated heterocycles. The third-order valence-electron chi connectivity index (χ3n) is 4.30. The molecule has 0 bridgehead atoms. The maximum absolute atomic E-state index is 8.95. The topological polar surface area (TPSA) is 67.4 Å². The summed E-state index contributed by atoms with van der Waals surface area (Å²) >= 11 is 1.61. The van der Waals surface area contributed by atoms with Crippen LogP contribution in [0.5, 0.6) is 0 Å². The third-order valence-corrected chi connectivity index (χ3v) is 5.30. The van der Waals surface area contributed by atoms with Gasteiger partial charge in [-0.05, 0) is 48.9 Å². The molecule has 0 fully saturated rings. The molecule has 0 aliphatic rings. The van der Waals surface area contributed by atoms with E-state index in [4.69, 9.17) is 5.26 Å². The van der Waals surface area contributed by atoms with E-state index in [0.717, 1.165) is 33.5 Å². The molecule has 0 saturated carbocycles. The highest BCUT2D eigenvalue weighted by Crippen LogP contribution is 2.29. The van der Waals surface area contributed by atoms with E-state index in [2.05, 4.69) is 57.0 Å². The Hall–Kier alpha value is -3.43. The molecule has 0 aliphatic heterocycles. The van der Waals surface area contributed by atoms with Crippen LogP contribution in [0.15, 0.2) is 78.2 Å². The van der Waals surface area contributed by atoms with Crippen molar-refractivity contribution in [3.05, 3.63) is 89.7 Å². The highest BCUT2D eigenvalue weighted by atomic mass is 32.2. The van der Waals surface area contributed by atoms with Gasteiger partial charge in [0.05, 0.1) is 11.6 Å². The van der Waals surface area contributed by atoms with Crippen molar-refractivity contribution in [1.29, 1.82) is 5.26 Å². The number of aromatic nitrogens is 4. The number of pyridine rings is 1. The molecule has 0 aliphatic carbocycles. The fraction of sp³-hybridized carbons (Fsp3) is 0.0909. The van der Waals surface area contributed by atoms with Gasteiger partial charge in [0.15, 0.2) is 11.0 Å². The minimum absolute atomic E-state index is 0.662. The van der Waals surface area contributed by atoms with Gasteiger partial charge in [-0.25, -0.2) is 0 Å². The van der Waals surface area contributed by atoms with Crippen LogP contribution in [0.1, 0.15) is 16.7 Å². The standard InChI is InChI=1S/C22H17N5S/c1-16-4-10-20(11-5-16)27-21(19-3-2-12-24-14-19)25-26-22(27)28-15-18-8-6-17(13-23)7-9-18/h2-12,14H,15H2,1H3. The number of hydrogen-bond acceptors (Lipinski definition) is 5. The maximum Gasteiger partial charge on any atom is 0.196 e. The minimum atomic E-state index is 0.662. The van der Waals surface area contributed by atoms with Crippen LogP contribution >= 0.6 is 11.8 Å². The van der Waals surface area contributed by atoms with Crippen LogP contribution in [-0.2, 0) is 5.75 Å². The molecular weight excluding hydrogens is 366 g/mol. The number of nitriles is 1. The number of nitrogens with zero attached hydrogens (tertiary/aromatic N) is 5. The summed E-state index contributed by atoms with van der Waals surface area (Å²) in [5.74, 6) is 1.50. The Bertz CT molecular complexity index is 1110. The van der Waals surface area contributed by atoms with Gasteiger partial charge >= 0.3 is 0 Å². The molecular formula is C22H17N5S. The van der Waals surface area contributed by atoms with Gasteiger partial charge in [0.1, 0.15) is 0 Å². The Morgan fingerprint density at radius 1 is 1.00 bits per heavy atom. The summed E-state index contributed by atoms with van der Waals surface area (Å²) in [6, 6.07) is 21.9. The second-order valence-electron chi connectivity index (χ2n) is 6.32. The molecule has 2 heterocycles. The third kappa shape index (κ3) is 3.80. The highest BCUT2D eigenvalue weighted by molar-refractivity contribution is 7.98. The molecule has 0 N–H and O–H groups in total. The van der Waals surface area contributed by atoms with Crippen LogP contribution in [0, 0.1) is 18.3 Å². The summed E-state index contributed by atoms with van der Waals surface area (Å²) in [4.78, 5) is 4.21. The van der Waals surface area contributed by atoms with Crippen molar-refractivity contribution in [1.82, 2.24) is 19.7 Å². The zero-order valence-corrected chi connectivity index (χ0v) is 16.1. The number of hydrogen-bond donors (Lipinski definition) is 0. The van der Waals surface area contributed by atoms with Gasteiger partial charge in [-0.15, -0.1) is 10.2 Å². The fourth-order valence-electron chi connectivity index (χ4n) is 2.80. The van der Waals surface area contributed by atoms with Crippen molar-refractivity contribution in [2.24, 2.45) is 0 Å². The monoisotopic (exact) mass is 383 g/mol. The van der Waals surface area contributed by atoms with E-state index in [1.807, 2.05) is 36.4 Å². The van der Waals surface area contributed by atoms with Crippen LogP contribution in [0.2, 0.25) is 0 Å². The molecule has 136 valence electrons. The Balaban J connectivity index is 1.69. The Labute approximate surface area is 167 Å². The van der Waals surface area contributed by atoms with E-state index in [0.29, 0.717) is 5.56 Å². The van der Waals surface area contributed by atoms with E-state index >= 15 is 0 Å². The van der Waals surface area contributed by atoms with Crippen LogP contribution in [0.4, 0.5) is 0 Å². The van der Waals surface area contributed by atoms with Crippen molar-refractivity contribution in [2.75, 3.05) is 0 Å². The first-order chi connectivity index (χ1) is 13.7. The number of benzene rings is 2. The maximum atomic E-state index is 8.95. The van der Waals surface area contributed by atoms with Gasteiger partial charge < -0.3 is 0 Å². The summed E-state index contributed by atoms with van der Waals surface area (Å²) in [6.07, 6.45) is 3.54. The van der Waals surface area contributed by atoms with Gasteiger partial charge in [-0.3, -0.25) is 9.55 Å². The van der Waals surface area contributed by atoms with Crippen LogP contribution in [-0.4, -0.2) is 19.7 Å².